The summed E-state index contributed by atoms with van der Waals surface area (Å²) in [6, 6.07) is 15.2. The van der Waals surface area contributed by atoms with E-state index in [-0.39, 0.29) is 10.8 Å². The van der Waals surface area contributed by atoms with Crippen molar-refractivity contribution in [3.05, 3.63) is 69.6 Å². The Morgan fingerprint density at radius 3 is 2.81 bits per heavy atom. The SMILES string of the molecule is O=[N+]([O-])c1ccc(C=Nc2ccc(O)c(-c3nc4ccccc4o3)c2)s1. The molecule has 2 heterocycles. The van der Waals surface area contributed by atoms with Gasteiger partial charge < -0.3 is 9.52 Å². The number of aromatic nitrogens is 1. The third kappa shape index (κ3) is 3.05. The lowest BCUT2D eigenvalue weighted by atomic mass is 10.2. The summed E-state index contributed by atoms with van der Waals surface area (Å²) in [5.74, 6) is 0.328. The highest BCUT2D eigenvalue weighted by atomic mass is 32.1. The fraction of sp³-hybridized carbons (Fsp3) is 0. The molecule has 128 valence electrons. The first-order chi connectivity index (χ1) is 12.6. The first kappa shape index (κ1) is 16.0. The van der Waals surface area contributed by atoms with Crippen LogP contribution in [0.2, 0.25) is 0 Å². The fourth-order valence-corrected chi connectivity index (χ4v) is 3.10. The third-order valence-corrected chi connectivity index (χ3v) is 4.61. The van der Waals surface area contributed by atoms with Gasteiger partial charge in [0.25, 0.3) is 0 Å². The van der Waals surface area contributed by atoms with Crippen molar-refractivity contribution in [1.82, 2.24) is 4.98 Å². The van der Waals surface area contributed by atoms with Gasteiger partial charge >= 0.3 is 5.00 Å². The second kappa shape index (κ2) is 6.41. The number of para-hydroxylation sites is 2. The van der Waals surface area contributed by atoms with Crippen LogP contribution in [0.1, 0.15) is 4.88 Å². The number of hydrogen-bond donors (Lipinski definition) is 1. The zero-order chi connectivity index (χ0) is 18.1. The summed E-state index contributed by atoms with van der Waals surface area (Å²) in [4.78, 5) is 19.6. The number of aromatic hydroxyl groups is 1. The van der Waals surface area contributed by atoms with Gasteiger partial charge in [-0.05, 0) is 36.4 Å². The molecule has 0 fully saturated rings. The molecule has 0 atom stereocenters. The summed E-state index contributed by atoms with van der Waals surface area (Å²) in [5, 5.41) is 20.9. The largest absolute Gasteiger partial charge is 0.507 e. The molecule has 26 heavy (non-hydrogen) atoms. The topological polar surface area (TPSA) is 102 Å². The van der Waals surface area contributed by atoms with Crippen LogP contribution < -0.4 is 0 Å². The lowest BCUT2D eigenvalue weighted by Crippen LogP contribution is -1.81. The summed E-state index contributed by atoms with van der Waals surface area (Å²) < 4.78 is 5.69. The maximum Gasteiger partial charge on any atom is 0.324 e. The summed E-state index contributed by atoms with van der Waals surface area (Å²) in [6.07, 6.45) is 1.54. The Kier molecular flexibility index (Phi) is 3.94. The molecule has 7 nitrogen and oxygen atoms in total. The van der Waals surface area contributed by atoms with Crippen LogP contribution in [0.3, 0.4) is 0 Å². The predicted molar refractivity (Wildman–Crippen MR) is 99.3 cm³/mol. The monoisotopic (exact) mass is 365 g/mol. The number of thiophene rings is 1. The highest BCUT2D eigenvalue weighted by Gasteiger charge is 2.13. The number of benzene rings is 2. The molecule has 4 rings (SSSR count). The van der Waals surface area contributed by atoms with Crippen molar-refractivity contribution in [2.45, 2.75) is 0 Å². The van der Waals surface area contributed by atoms with Gasteiger partial charge in [0.15, 0.2) is 5.58 Å². The lowest BCUT2D eigenvalue weighted by Gasteiger charge is -2.01. The molecular weight excluding hydrogens is 354 g/mol. The van der Waals surface area contributed by atoms with Crippen LogP contribution in [0.25, 0.3) is 22.6 Å². The minimum atomic E-state index is -0.437. The van der Waals surface area contributed by atoms with Gasteiger partial charge in [-0.25, -0.2) is 4.98 Å². The van der Waals surface area contributed by atoms with Gasteiger partial charge in [0.1, 0.15) is 11.3 Å². The maximum absolute atomic E-state index is 10.7. The molecular formula is C18H11N3O4S. The Morgan fingerprint density at radius 2 is 2.04 bits per heavy atom. The van der Waals surface area contributed by atoms with E-state index in [1.165, 1.54) is 12.1 Å². The second-order valence-corrected chi connectivity index (χ2v) is 6.47. The molecule has 0 aliphatic heterocycles. The van der Waals surface area contributed by atoms with Crippen molar-refractivity contribution in [2.75, 3.05) is 0 Å². The van der Waals surface area contributed by atoms with Crippen LogP contribution in [-0.4, -0.2) is 21.2 Å². The molecule has 0 amide bonds. The van der Waals surface area contributed by atoms with Crippen molar-refractivity contribution in [3.63, 3.8) is 0 Å². The molecule has 0 unspecified atom stereocenters. The van der Waals surface area contributed by atoms with Crippen molar-refractivity contribution in [2.24, 2.45) is 4.99 Å². The van der Waals surface area contributed by atoms with Crippen molar-refractivity contribution in [1.29, 1.82) is 0 Å². The van der Waals surface area contributed by atoms with E-state index >= 15 is 0 Å². The molecule has 0 aliphatic carbocycles. The molecule has 4 aromatic rings. The number of aliphatic imine (C=N–C) groups is 1. The van der Waals surface area contributed by atoms with Gasteiger partial charge in [-0.15, -0.1) is 0 Å². The zero-order valence-corrected chi connectivity index (χ0v) is 14.0. The van der Waals surface area contributed by atoms with Gasteiger partial charge in [0.2, 0.25) is 5.89 Å². The van der Waals surface area contributed by atoms with Crippen molar-refractivity contribution in [3.8, 4) is 17.2 Å². The second-order valence-electron chi connectivity index (χ2n) is 5.38. The highest BCUT2D eigenvalue weighted by molar-refractivity contribution is 7.16. The van der Waals surface area contributed by atoms with E-state index < -0.39 is 4.92 Å². The number of nitro groups is 1. The molecule has 2 aromatic heterocycles. The summed E-state index contributed by atoms with van der Waals surface area (Å²) >= 11 is 1.04. The standard InChI is InChI=1S/C18H11N3O4S/c22-15-7-5-11(19-10-12-6-8-17(26-12)21(23)24)9-13(15)18-20-14-3-1-2-4-16(14)25-18/h1-10,22H. The Morgan fingerprint density at radius 1 is 1.19 bits per heavy atom. The number of oxazole rings is 1. The van der Waals surface area contributed by atoms with Crippen molar-refractivity contribution >= 4 is 39.3 Å². The quantitative estimate of drug-likeness (QED) is 0.314. The summed E-state index contributed by atoms with van der Waals surface area (Å²) in [5.41, 5.74) is 2.31. The highest BCUT2D eigenvalue weighted by Crippen LogP contribution is 2.34. The van der Waals surface area contributed by atoms with E-state index in [9.17, 15) is 15.2 Å². The van der Waals surface area contributed by atoms with E-state index in [0.29, 0.717) is 33.1 Å². The van der Waals surface area contributed by atoms with Gasteiger partial charge in [0.05, 0.1) is 21.1 Å². The Labute approximate surface area is 151 Å². The smallest absolute Gasteiger partial charge is 0.324 e. The van der Waals surface area contributed by atoms with E-state index in [1.807, 2.05) is 18.2 Å². The number of rotatable bonds is 4. The van der Waals surface area contributed by atoms with Crippen LogP contribution in [0.15, 0.2) is 64.0 Å². The Hall–Kier alpha value is -3.52. The van der Waals surface area contributed by atoms with E-state index in [1.54, 1.807) is 30.5 Å². The first-order valence-corrected chi connectivity index (χ1v) is 8.39. The average Bonchev–Trinajstić information content (AvgIpc) is 3.28. The van der Waals surface area contributed by atoms with E-state index in [0.717, 1.165) is 11.3 Å². The maximum atomic E-state index is 10.7. The molecule has 0 saturated carbocycles. The van der Waals surface area contributed by atoms with Gasteiger partial charge in [-0.2, -0.15) is 0 Å². The minimum absolute atomic E-state index is 0.0299. The Bertz CT molecular complexity index is 1110. The summed E-state index contributed by atoms with van der Waals surface area (Å²) in [7, 11) is 0. The molecule has 2 aromatic carbocycles. The number of phenolic OH excluding ortho intramolecular Hbond substituents is 1. The normalized spacial score (nSPS) is 11.4. The van der Waals surface area contributed by atoms with Crippen molar-refractivity contribution < 1.29 is 14.4 Å². The molecule has 0 spiro atoms. The van der Waals surface area contributed by atoms with Gasteiger partial charge in [-0.3, -0.25) is 15.1 Å². The number of fused-ring (bicyclic) bond motifs is 1. The number of hydrogen-bond acceptors (Lipinski definition) is 7. The molecule has 8 heteroatoms. The molecule has 0 aliphatic rings. The fourth-order valence-electron chi connectivity index (χ4n) is 2.41. The van der Waals surface area contributed by atoms with E-state index in [4.69, 9.17) is 4.42 Å². The van der Waals surface area contributed by atoms with Crippen LogP contribution in [0, 0.1) is 10.1 Å². The number of nitrogens with zero attached hydrogens (tertiary/aromatic N) is 3. The van der Waals surface area contributed by atoms with Crippen LogP contribution in [-0.2, 0) is 0 Å². The number of phenols is 1. The van der Waals surface area contributed by atoms with Crippen LogP contribution in [0.4, 0.5) is 10.7 Å². The molecule has 0 bridgehead atoms. The minimum Gasteiger partial charge on any atom is -0.507 e. The average molecular weight is 365 g/mol. The van der Waals surface area contributed by atoms with Gasteiger partial charge in [-0.1, -0.05) is 23.5 Å². The van der Waals surface area contributed by atoms with Crippen LogP contribution in [0.5, 0.6) is 5.75 Å². The predicted octanol–water partition coefficient (Wildman–Crippen LogP) is 4.92. The molecule has 0 radical (unpaired) electrons. The summed E-state index contributed by atoms with van der Waals surface area (Å²) in [6.45, 7) is 0. The third-order valence-electron chi connectivity index (χ3n) is 3.64. The van der Waals surface area contributed by atoms with E-state index in [2.05, 4.69) is 9.98 Å². The Balaban J connectivity index is 1.67. The molecule has 0 saturated heterocycles. The van der Waals surface area contributed by atoms with Crippen LogP contribution >= 0.6 is 11.3 Å². The zero-order valence-electron chi connectivity index (χ0n) is 13.2. The van der Waals surface area contributed by atoms with Gasteiger partial charge in [0, 0.05) is 12.3 Å². The lowest BCUT2D eigenvalue weighted by molar-refractivity contribution is -0.380. The first-order valence-electron chi connectivity index (χ1n) is 7.57. The molecule has 1 N–H and O–H groups in total.